The Hall–Kier alpha value is -1.50. The summed E-state index contributed by atoms with van der Waals surface area (Å²) in [6.45, 7) is 7.82. The van der Waals surface area contributed by atoms with Gasteiger partial charge in [-0.05, 0) is 31.3 Å². The third-order valence-corrected chi connectivity index (χ3v) is 3.43. The van der Waals surface area contributed by atoms with Crippen molar-refractivity contribution in [2.75, 3.05) is 6.54 Å². The van der Waals surface area contributed by atoms with E-state index in [1.165, 1.54) is 0 Å². The normalized spacial score (nSPS) is 11.1. The van der Waals surface area contributed by atoms with Crippen molar-refractivity contribution >= 4 is 23.4 Å². The van der Waals surface area contributed by atoms with Gasteiger partial charge in [0, 0.05) is 12.6 Å². The van der Waals surface area contributed by atoms with Gasteiger partial charge in [0.2, 0.25) is 0 Å². The maximum absolute atomic E-state index is 12.4. The van der Waals surface area contributed by atoms with Gasteiger partial charge in [-0.25, -0.2) is 0 Å². The summed E-state index contributed by atoms with van der Waals surface area (Å²) in [5.74, 6) is -0.980. The van der Waals surface area contributed by atoms with E-state index in [2.05, 4.69) is 9.59 Å². The summed E-state index contributed by atoms with van der Waals surface area (Å²) in [5, 5.41) is 12.7. The van der Waals surface area contributed by atoms with Crippen molar-refractivity contribution in [1.82, 2.24) is 14.5 Å². The molecule has 0 atom stereocenters. The number of hydrogen-bond acceptors (Lipinski definition) is 5. The van der Waals surface area contributed by atoms with Crippen molar-refractivity contribution in [2.24, 2.45) is 0 Å². The van der Waals surface area contributed by atoms with Crippen LogP contribution in [0.1, 0.15) is 55.4 Å². The first kappa shape index (κ1) is 15.6. The Labute approximate surface area is 116 Å². The number of amides is 1. The molecule has 0 aliphatic heterocycles. The molecule has 1 N–H and O–H groups in total. The molecular weight excluding hydrogens is 266 g/mol. The maximum Gasteiger partial charge on any atom is 0.305 e. The van der Waals surface area contributed by atoms with E-state index in [1.54, 1.807) is 4.90 Å². The Balaban J connectivity index is 2.93. The first-order valence-electron chi connectivity index (χ1n) is 6.19. The molecule has 0 aliphatic rings. The van der Waals surface area contributed by atoms with Gasteiger partial charge in [-0.1, -0.05) is 18.3 Å². The van der Waals surface area contributed by atoms with Gasteiger partial charge in [0.05, 0.1) is 12.1 Å². The number of aromatic nitrogens is 2. The molecule has 19 heavy (non-hydrogen) atoms. The minimum absolute atomic E-state index is 0.0611. The second-order valence-corrected chi connectivity index (χ2v) is 5.63. The summed E-state index contributed by atoms with van der Waals surface area (Å²) in [5.41, 5.74) is 0.677. The average Bonchev–Trinajstić information content (AvgIpc) is 2.76. The average molecular weight is 285 g/mol. The number of carboxylic acids is 1. The van der Waals surface area contributed by atoms with E-state index in [4.69, 9.17) is 5.11 Å². The molecule has 0 saturated heterocycles. The Morgan fingerprint density at radius 1 is 1.32 bits per heavy atom. The molecule has 0 aromatic carbocycles. The molecule has 1 aromatic rings. The van der Waals surface area contributed by atoms with Crippen molar-refractivity contribution in [1.29, 1.82) is 0 Å². The Morgan fingerprint density at radius 3 is 2.42 bits per heavy atom. The zero-order valence-electron chi connectivity index (χ0n) is 11.6. The van der Waals surface area contributed by atoms with Crippen LogP contribution in [0.25, 0.3) is 0 Å². The Kier molecular flexibility index (Phi) is 5.41. The lowest BCUT2D eigenvalue weighted by Gasteiger charge is -2.25. The Bertz CT molecular complexity index is 457. The van der Waals surface area contributed by atoms with Crippen LogP contribution in [0.2, 0.25) is 0 Å². The number of carbonyl (C=O) groups is 2. The van der Waals surface area contributed by atoms with Crippen LogP contribution in [-0.2, 0) is 4.79 Å². The molecule has 7 heteroatoms. The van der Waals surface area contributed by atoms with Gasteiger partial charge in [0.25, 0.3) is 5.91 Å². The van der Waals surface area contributed by atoms with E-state index in [1.807, 2.05) is 27.7 Å². The van der Waals surface area contributed by atoms with Gasteiger partial charge < -0.3 is 10.0 Å². The van der Waals surface area contributed by atoms with Crippen molar-refractivity contribution < 1.29 is 14.7 Å². The number of nitrogens with zero attached hydrogens (tertiary/aromatic N) is 3. The molecule has 0 bridgehead atoms. The van der Waals surface area contributed by atoms with Crippen molar-refractivity contribution in [3.8, 4) is 0 Å². The largest absolute Gasteiger partial charge is 0.481 e. The second kappa shape index (κ2) is 6.60. The number of hydrogen-bond donors (Lipinski definition) is 1. The minimum Gasteiger partial charge on any atom is -0.481 e. The van der Waals surface area contributed by atoms with E-state index >= 15 is 0 Å². The summed E-state index contributed by atoms with van der Waals surface area (Å²) < 4.78 is 3.83. The number of rotatable bonds is 6. The monoisotopic (exact) mass is 285 g/mol. The van der Waals surface area contributed by atoms with Gasteiger partial charge in [-0.2, -0.15) is 0 Å². The Morgan fingerprint density at radius 2 is 1.95 bits per heavy atom. The highest BCUT2D eigenvalue weighted by atomic mass is 32.1. The predicted molar refractivity (Wildman–Crippen MR) is 72.4 cm³/mol. The molecule has 1 heterocycles. The smallest absolute Gasteiger partial charge is 0.305 e. The highest BCUT2D eigenvalue weighted by molar-refractivity contribution is 7.08. The predicted octanol–water partition coefficient (Wildman–Crippen LogP) is 1.99. The molecule has 0 unspecified atom stereocenters. The van der Waals surface area contributed by atoms with Gasteiger partial charge in [-0.3, -0.25) is 9.59 Å². The maximum atomic E-state index is 12.4. The van der Waals surface area contributed by atoms with Crippen LogP contribution in [0.4, 0.5) is 0 Å². The molecule has 0 aliphatic carbocycles. The highest BCUT2D eigenvalue weighted by Gasteiger charge is 2.25. The molecule has 106 valence electrons. The van der Waals surface area contributed by atoms with E-state index in [0.29, 0.717) is 10.6 Å². The molecule has 0 spiro atoms. The molecule has 1 rings (SSSR count). The van der Waals surface area contributed by atoms with Crippen molar-refractivity contribution in [3.63, 3.8) is 0 Å². The molecule has 6 nitrogen and oxygen atoms in total. The summed E-state index contributed by atoms with van der Waals surface area (Å²) in [6, 6.07) is -0.0611. The van der Waals surface area contributed by atoms with Crippen LogP contribution in [0.5, 0.6) is 0 Å². The highest BCUT2D eigenvalue weighted by Crippen LogP contribution is 2.22. The van der Waals surface area contributed by atoms with Crippen molar-refractivity contribution in [2.45, 2.75) is 46.1 Å². The molecule has 1 aromatic heterocycles. The van der Waals surface area contributed by atoms with Crippen LogP contribution in [0.3, 0.4) is 0 Å². The van der Waals surface area contributed by atoms with Crippen LogP contribution < -0.4 is 0 Å². The topological polar surface area (TPSA) is 83.4 Å². The molecule has 0 fully saturated rings. The first-order chi connectivity index (χ1) is 8.84. The number of carbonyl (C=O) groups excluding carboxylic acids is 1. The van der Waals surface area contributed by atoms with Gasteiger partial charge >= 0.3 is 5.97 Å². The fraction of sp³-hybridized carbons (Fsp3) is 0.667. The van der Waals surface area contributed by atoms with Crippen LogP contribution in [0.15, 0.2) is 0 Å². The molecule has 0 radical (unpaired) electrons. The fourth-order valence-electron chi connectivity index (χ4n) is 1.66. The lowest BCUT2D eigenvalue weighted by molar-refractivity contribution is -0.137. The third kappa shape index (κ3) is 3.99. The van der Waals surface area contributed by atoms with E-state index in [0.717, 1.165) is 11.5 Å². The number of aliphatic carboxylic acids is 1. The van der Waals surface area contributed by atoms with Crippen LogP contribution in [0, 0.1) is 0 Å². The minimum atomic E-state index is -0.912. The van der Waals surface area contributed by atoms with Gasteiger partial charge in [-0.15, -0.1) is 5.10 Å². The third-order valence-electron chi connectivity index (χ3n) is 2.71. The second-order valence-electron chi connectivity index (χ2n) is 4.88. The lowest BCUT2D eigenvalue weighted by Crippen LogP contribution is -2.38. The van der Waals surface area contributed by atoms with E-state index < -0.39 is 5.97 Å². The zero-order chi connectivity index (χ0) is 14.6. The van der Waals surface area contributed by atoms with Gasteiger partial charge in [0.15, 0.2) is 0 Å². The number of carboxylic acid groups (broad SMARTS) is 1. The van der Waals surface area contributed by atoms with E-state index in [9.17, 15) is 9.59 Å². The SMILES string of the molecule is CC(C)c1nnsc1C(=O)N(CCC(=O)O)C(C)C. The zero-order valence-corrected chi connectivity index (χ0v) is 12.4. The summed E-state index contributed by atoms with van der Waals surface area (Å²) >= 11 is 1.07. The molecular formula is C12H19N3O3S. The van der Waals surface area contributed by atoms with E-state index in [-0.39, 0.29) is 30.8 Å². The van der Waals surface area contributed by atoms with Crippen molar-refractivity contribution in [3.05, 3.63) is 10.6 Å². The summed E-state index contributed by atoms with van der Waals surface area (Å²) in [4.78, 5) is 25.2. The fourth-order valence-corrected chi connectivity index (χ4v) is 2.44. The molecule has 0 saturated carbocycles. The van der Waals surface area contributed by atoms with Crippen LogP contribution in [-0.4, -0.2) is 44.1 Å². The first-order valence-corrected chi connectivity index (χ1v) is 6.97. The standard InChI is InChI=1S/C12H19N3O3S/c1-7(2)10-11(19-14-13-10)12(18)15(8(3)4)6-5-9(16)17/h7-8H,5-6H2,1-4H3,(H,16,17). The quantitative estimate of drug-likeness (QED) is 0.864. The van der Waals surface area contributed by atoms with Crippen LogP contribution >= 0.6 is 11.5 Å². The summed E-state index contributed by atoms with van der Waals surface area (Å²) in [6.07, 6.45) is -0.0623. The molecule has 1 amide bonds. The summed E-state index contributed by atoms with van der Waals surface area (Å²) in [7, 11) is 0. The van der Waals surface area contributed by atoms with Gasteiger partial charge in [0.1, 0.15) is 4.88 Å². The lowest BCUT2D eigenvalue weighted by atomic mass is 10.1.